The molecule has 1 aliphatic carbocycles. The van der Waals surface area contributed by atoms with Crippen LogP contribution >= 0.6 is 0 Å². The number of phenols is 2. The summed E-state index contributed by atoms with van der Waals surface area (Å²) in [5.74, 6) is -4.40. The number of ketones is 3. The first kappa shape index (κ1) is 14.0. The highest BCUT2D eigenvalue weighted by Gasteiger charge is 2.42. The van der Waals surface area contributed by atoms with Gasteiger partial charge in [0.2, 0.25) is 11.6 Å². The summed E-state index contributed by atoms with van der Waals surface area (Å²) in [6.45, 7) is 3.63. The van der Waals surface area contributed by atoms with Gasteiger partial charge in [0.25, 0.3) is 0 Å². The van der Waals surface area contributed by atoms with Crippen LogP contribution in [-0.2, 0) is 4.79 Å². The zero-order valence-electron chi connectivity index (χ0n) is 11.1. The second-order valence-electron chi connectivity index (χ2n) is 4.98. The van der Waals surface area contributed by atoms with Gasteiger partial charge in [-0.2, -0.15) is 0 Å². The van der Waals surface area contributed by atoms with Crippen molar-refractivity contribution >= 4 is 17.3 Å². The molecular formula is C15H14O5. The van der Waals surface area contributed by atoms with Crippen molar-refractivity contribution < 1.29 is 24.6 Å². The molecule has 0 saturated carbocycles. The van der Waals surface area contributed by atoms with Crippen LogP contribution in [0.4, 0.5) is 0 Å². The molecule has 2 rings (SSSR count). The van der Waals surface area contributed by atoms with E-state index in [0.29, 0.717) is 0 Å². The Kier molecular flexibility index (Phi) is 3.44. The molecular weight excluding hydrogens is 260 g/mol. The Morgan fingerprint density at radius 1 is 1.05 bits per heavy atom. The largest absolute Gasteiger partial charge is 0.507 e. The molecule has 0 aromatic heterocycles. The molecule has 0 fully saturated rings. The van der Waals surface area contributed by atoms with Crippen LogP contribution < -0.4 is 0 Å². The van der Waals surface area contributed by atoms with Crippen LogP contribution in [-0.4, -0.2) is 27.6 Å². The smallest absolute Gasteiger partial charge is 0.233 e. The molecule has 0 bridgehead atoms. The predicted molar refractivity (Wildman–Crippen MR) is 71.0 cm³/mol. The van der Waals surface area contributed by atoms with Crippen molar-refractivity contribution in [1.82, 2.24) is 0 Å². The summed E-state index contributed by atoms with van der Waals surface area (Å²) in [5, 5.41) is 19.4. The maximum atomic E-state index is 12.3. The Bertz CT molecular complexity index is 650. The molecule has 1 aromatic carbocycles. The maximum Gasteiger partial charge on any atom is 0.233 e. The van der Waals surface area contributed by atoms with E-state index in [-0.39, 0.29) is 12.0 Å². The Hall–Kier alpha value is -2.43. The third kappa shape index (κ3) is 2.11. The predicted octanol–water partition coefficient (Wildman–Crippen LogP) is 2.02. The zero-order valence-corrected chi connectivity index (χ0v) is 11.1. The van der Waals surface area contributed by atoms with Gasteiger partial charge in [-0.05, 0) is 32.4 Å². The first-order valence-corrected chi connectivity index (χ1v) is 6.15. The van der Waals surface area contributed by atoms with Crippen molar-refractivity contribution in [3.8, 4) is 11.5 Å². The van der Waals surface area contributed by atoms with Gasteiger partial charge in [-0.1, -0.05) is 11.6 Å². The number of carbonyl (C=O) groups is 3. The summed E-state index contributed by atoms with van der Waals surface area (Å²) in [6.07, 6.45) is 1.80. The third-order valence-corrected chi connectivity index (χ3v) is 3.25. The molecule has 5 nitrogen and oxygen atoms in total. The van der Waals surface area contributed by atoms with Gasteiger partial charge in [0, 0.05) is 0 Å². The second-order valence-corrected chi connectivity index (χ2v) is 4.98. The third-order valence-electron chi connectivity index (χ3n) is 3.25. The van der Waals surface area contributed by atoms with Gasteiger partial charge in [0.1, 0.15) is 11.5 Å². The Balaban J connectivity index is 2.57. The van der Waals surface area contributed by atoms with E-state index >= 15 is 0 Å². The highest BCUT2D eigenvalue weighted by atomic mass is 16.3. The van der Waals surface area contributed by atoms with Crippen LogP contribution in [0.3, 0.4) is 0 Å². The van der Waals surface area contributed by atoms with Crippen LogP contribution in [0.25, 0.3) is 0 Å². The van der Waals surface area contributed by atoms with Gasteiger partial charge in [-0.25, -0.2) is 0 Å². The van der Waals surface area contributed by atoms with E-state index in [1.54, 1.807) is 6.08 Å². The molecule has 2 N–H and O–H groups in total. The summed E-state index contributed by atoms with van der Waals surface area (Å²) in [5.41, 5.74) is 0.263. The summed E-state index contributed by atoms with van der Waals surface area (Å²) >= 11 is 0. The Morgan fingerprint density at radius 2 is 1.60 bits per heavy atom. The normalized spacial score (nSPS) is 17.9. The monoisotopic (exact) mass is 274 g/mol. The fourth-order valence-electron chi connectivity index (χ4n) is 2.20. The number of aromatic hydroxyl groups is 2. The lowest BCUT2D eigenvalue weighted by Crippen LogP contribution is -2.36. The summed E-state index contributed by atoms with van der Waals surface area (Å²) in [7, 11) is 0. The second kappa shape index (κ2) is 4.92. The van der Waals surface area contributed by atoms with Crippen molar-refractivity contribution in [2.24, 2.45) is 5.92 Å². The van der Waals surface area contributed by atoms with E-state index in [0.717, 1.165) is 17.7 Å². The molecule has 1 unspecified atom stereocenters. The van der Waals surface area contributed by atoms with E-state index in [9.17, 15) is 24.6 Å². The fourth-order valence-corrected chi connectivity index (χ4v) is 2.20. The Morgan fingerprint density at radius 3 is 2.15 bits per heavy atom. The molecule has 20 heavy (non-hydrogen) atoms. The van der Waals surface area contributed by atoms with Crippen molar-refractivity contribution in [1.29, 1.82) is 0 Å². The minimum atomic E-state index is -1.13. The number of allylic oxidation sites excluding steroid dienone is 2. The number of benzene rings is 1. The quantitative estimate of drug-likeness (QED) is 0.372. The highest BCUT2D eigenvalue weighted by molar-refractivity contribution is 6.52. The van der Waals surface area contributed by atoms with Crippen molar-refractivity contribution in [3.63, 3.8) is 0 Å². The maximum absolute atomic E-state index is 12.3. The van der Waals surface area contributed by atoms with Gasteiger partial charge in [0.05, 0.1) is 17.0 Å². The van der Waals surface area contributed by atoms with Gasteiger partial charge < -0.3 is 10.2 Å². The lowest BCUT2D eigenvalue weighted by atomic mass is 9.78. The van der Waals surface area contributed by atoms with E-state index in [2.05, 4.69) is 0 Å². The molecule has 1 atom stereocenters. The van der Waals surface area contributed by atoms with Gasteiger partial charge in [0.15, 0.2) is 5.78 Å². The molecule has 0 heterocycles. The fraction of sp³-hybridized carbons (Fsp3) is 0.267. The van der Waals surface area contributed by atoms with Crippen molar-refractivity contribution in [2.75, 3.05) is 0 Å². The van der Waals surface area contributed by atoms with E-state index in [1.165, 1.54) is 0 Å². The topological polar surface area (TPSA) is 91.7 Å². The zero-order chi connectivity index (χ0) is 15.0. The number of fused-ring (bicyclic) bond motifs is 1. The molecule has 0 saturated heterocycles. The lowest BCUT2D eigenvalue weighted by molar-refractivity contribution is -0.117. The molecule has 0 radical (unpaired) electrons. The number of rotatable bonds is 2. The van der Waals surface area contributed by atoms with E-state index < -0.39 is 40.3 Å². The number of carbonyl (C=O) groups excluding carboxylic acids is 3. The van der Waals surface area contributed by atoms with Gasteiger partial charge in [-0.15, -0.1) is 0 Å². The summed E-state index contributed by atoms with van der Waals surface area (Å²) in [4.78, 5) is 36.3. The lowest BCUT2D eigenvalue weighted by Gasteiger charge is -2.21. The van der Waals surface area contributed by atoms with Crippen LogP contribution in [0.15, 0.2) is 23.8 Å². The molecule has 0 amide bonds. The van der Waals surface area contributed by atoms with E-state index in [1.807, 2.05) is 13.8 Å². The molecule has 5 heteroatoms. The van der Waals surface area contributed by atoms with Crippen LogP contribution in [0.1, 0.15) is 41.0 Å². The molecule has 1 aromatic rings. The Labute approximate surface area is 115 Å². The first-order valence-electron chi connectivity index (χ1n) is 6.15. The molecule has 0 spiro atoms. The minimum absolute atomic E-state index is 0.111. The number of hydrogen-bond acceptors (Lipinski definition) is 5. The summed E-state index contributed by atoms with van der Waals surface area (Å²) in [6, 6.07) is 2.22. The SMILES string of the molecule is CC(C)=CCC1C(=O)C(=O)c2c(O)ccc(O)c2C1=O. The van der Waals surface area contributed by atoms with Crippen LogP contribution in [0, 0.1) is 5.92 Å². The molecule has 104 valence electrons. The number of phenolic OH excluding ortho intramolecular Hbond substituents is 2. The van der Waals surface area contributed by atoms with Crippen molar-refractivity contribution in [3.05, 3.63) is 34.9 Å². The minimum Gasteiger partial charge on any atom is -0.507 e. The van der Waals surface area contributed by atoms with Crippen LogP contribution in [0.2, 0.25) is 0 Å². The molecule has 0 aliphatic heterocycles. The van der Waals surface area contributed by atoms with Crippen LogP contribution in [0.5, 0.6) is 11.5 Å². The van der Waals surface area contributed by atoms with Gasteiger partial charge in [-0.3, -0.25) is 14.4 Å². The average Bonchev–Trinajstić information content (AvgIpc) is 2.38. The van der Waals surface area contributed by atoms with E-state index in [4.69, 9.17) is 0 Å². The number of hydrogen-bond donors (Lipinski definition) is 2. The number of Topliss-reactive ketones (excluding diaryl/α,β-unsaturated/α-hetero) is 3. The van der Waals surface area contributed by atoms with Gasteiger partial charge >= 0.3 is 0 Å². The van der Waals surface area contributed by atoms with Crippen molar-refractivity contribution in [2.45, 2.75) is 20.3 Å². The summed E-state index contributed by atoms with van der Waals surface area (Å²) < 4.78 is 0. The molecule has 1 aliphatic rings. The average molecular weight is 274 g/mol. The standard InChI is InChI=1S/C15H14O5/c1-7(2)3-4-8-13(18)11-9(16)5-6-10(17)12(11)15(20)14(8)19/h3,5-6,8,16-17H,4H2,1-2H3. The highest BCUT2D eigenvalue weighted by Crippen LogP contribution is 2.36. The first-order chi connectivity index (χ1) is 9.34.